The minimum absolute atomic E-state index is 0.504. The molecule has 1 aromatic rings. The first kappa shape index (κ1) is 12.2. The molecular formula is C12H15N3OS. The summed E-state index contributed by atoms with van der Waals surface area (Å²) in [5.41, 5.74) is 0.522. The van der Waals surface area contributed by atoms with Gasteiger partial charge in [-0.05, 0) is 44.0 Å². The van der Waals surface area contributed by atoms with Crippen LogP contribution in [-0.2, 0) is 10.8 Å². The zero-order valence-electron chi connectivity index (χ0n) is 9.56. The molecule has 90 valence electrons. The highest BCUT2D eigenvalue weighted by molar-refractivity contribution is 7.84. The van der Waals surface area contributed by atoms with Crippen LogP contribution < -0.4 is 5.32 Å². The van der Waals surface area contributed by atoms with Crippen LogP contribution in [0.15, 0.2) is 23.4 Å². The second kappa shape index (κ2) is 5.89. The number of piperidine rings is 1. The van der Waals surface area contributed by atoms with Crippen LogP contribution >= 0.6 is 0 Å². The maximum absolute atomic E-state index is 12.1. The molecule has 0 amide bonds. The number of pyridine rings is 1. The van der Waals surface area contributed by atoms with Crippen molar-refractivity contribution in [1.29, 1.82) is 5.26 Å². The second-order valence-electron chi connectivity index (χ2n) is 4.20. The molecule has 1 N–H and O–H groups in total. The molecule has 0 radical (unpaired) electrons. The molecule has 1 aromatic heterocycles. The van der Waals surface area contributed by atoms with Crippen LogP contribution in [0.2, 0.25) is 0 Å². The molecule has 2 rings (SSSR count). The number of nitriles is 1. The lowest BCUT2D eigenvalue weighted by atomic mass is 10.0. The van der Waals surface area contributed by atoms with Crippen molar-refractivity contribution >= 4 is 10.8 Å². The Labute approximate surface area is 104 Å². The van der Waals surface area contributed by atoms with Crippen molar-refractivity contribution in [3.05, 3.63) is 23.9 Å². The van der Waals surface area contributed by atoms with Gasteiger partial charge in [0.25, 0.3) is 0 Å². The Balaban J connectivity index is 2.01. The quantitative estimate of drug-likeness (QED) is 0.870. The van der Waals surface area contributed by atoms with E-state index >= 15 is 0 Å². The van der Waals surface area contributed by atoms with Gasteiger partial charge in [-0.2, -0.15) is 5.26 Å². The van der Waals surface area contributed by atoms with Gasteiger partial charge in [0.1, 0.15) is 5.03 Å². The van der Waals surface area contributed by atoms with E-state index in [0.29, 0.717) is 22.3 Å². The van der Waals surface area contributed by atoms with Gasteiger partial charge in [-0.3, -0.25) is 4.21 Å². The summed E-state index contributed by atoms with van der Waals surface area (Å²) in [5.74, 6) is 1.16. The van der Waals surface area contributed by atoms with Crippen molar-refractivity contribution in [3.63, 3.8) is 0 Å². The lowest BCUT2D eigenvalue weighted by Gasteiger charge is -2.21. The number of hydrogen-bond acceptors (Lipinski definition) is 4. The first-order valence-corrected chi connectivity index (χ1v) is 7.07. The van der Waals surface area contributed by atoms with Gasteiger partial charge in [-0.15, -0.1) is 0 Å². The van der Waals surface area contributed by atoms with Crippen LogP contribution in [0, 0.1) is 17.2 Å². The summed E-state index contributed by atoms with van der Waals surface area (Å²) in [4.78, 5) is 4.09. The largest absolute Gasteiger partial charge is 0.317 e. The van der Waals surface area contributed by atoms with E-state index in [1.54, 1.807) is 18.3 Å². The van der Waals surface area contributed by atoms with E-state index in [1.807, 2.05) is 6.07 Å². The first-order chi connectivity index (χ1) is 8.29. The Morgan fingerprint density at radius 3 is 3.00 bits per heavy atom. The summed E-state index contributed by atoms with van der Waals surface area (Å²) in [5, 5.41) is 12.6. The molecular weight excluding hydrogens is 234 g/mol. The third kappa shape index (κ3) is 3.35. The first-order valence-electron chi connectivity index (χ1n) is 5.75. The third-order valence-corrected chi connectivity index (χ3v) is 4.41. The number of hydrogen-bond donors (Lipinski definition) is 1. The molecule has 0 saturated carbocycles. The van der Waals surface area contributed by atoms with Crippen LogP contribution in [0.3, 0.4) is 0 Å². The van der Waals surface area contributed by atoms with E-state index in [4.69, 9.17) is 5.26 Å². The van der Waals surface area contributed by atoms with Crippen molar-refractivity contribution < 1.29 is 4.21 Å². The zero-order chi connectivity index (χ0) is 12.1. The Hall–Kier alpha value is -1.25. The van der Waals surface area contributed by atoms with Crippen LogP contribution in [-0.4, -0.2) is 28.0 Å². The number of nitrogens with zero attached hydrogens (tertiary/aromatic N) is 2. The van der Waals surface area contributed by atoms with E-state index in [0.717, 1.165) is 25.9 Å². The van der Waals surface area contributed by atoms with Crippen molar-refractivity contribution in [2.45, 2.75) is 17.9 Å². The fourth-order valence-corrected chi connectivity index (χ4v) is 3.32. The van der Waals surface area contributed by atoms with Gasteiger partial charge in [0.2, 0.25) is 0 Å². The topological polar surface area (TPSA) is 65.8 Å². The average molecular weight is 249 g/mol. The van der Waals surface area contributed by atoms with Crippen molar-refractivity contribution in [2.75, 3.05) is 18.8 Å². The summed E-state index contributed by atoms with van der Waals surface area (Å²) in [6.07, 6.45) is 3.70. The van der Waals surface area contributed by atoms with Gasteiger partial charge in [0.15, 0.2) is 0 Å². The molecule has 0 aliphatic carbocycles. The van der Waals surface area contributed by atoms with Crippen LogP contribution in [0.1, 0.15) is 18.4 Å². The van der Waals surface area contributed by atoms with E-state index in [-0.39, 0.29) is 0 Å². The van der Waals surface area contributed by atoms with Crippen LogP contribution in [0.5, 0.6) is 0 Å². The number of nitrogens with one attached hydrogen (secondary N) is 1. The number of aromatic nitrogens is 1. The molecule has 17 heavy (non-hydrogen) atoms. The Morgan fingerprint density at radius 1 is 1.53 bits per heavy atom. The van der Waals surface area contributed by atoms with Gasteiger partial charge >= 0.3 is 0 Å². The smallest absolute Gasteiger partial charge is 0.128 e. The van der Waals surface area contributed by atoms with Gasteiger partial charge in [0.05, 0.1) is 22.4 Å². The molecule has 1 aliphatic rings. The highest BCUT2D eigenvalue weighted by Gasteiger charge is 2.17. The van der Waals surface area contributed by atoms with E-state index in [2.05, 4.69) is 10.3 Å². The lowest BCUT2D eigenvalue weighted by Crippen LogP contribution is -2.30. The van der Waals surface area contributed by atoms with Gasteiger partial charge < -0.3 is 5.32 Å². The fraction of sp³-hybridized carbons (Fsp3) is 0.500. The Kier molecular flexibility index (Phi) is 4.24. The monoisotopic (exact) mass is 249 g/mol. The van der Waals surface area contributed by atoms with Gasteiger partial charge in [-0.25, -0.2) is 4.98 Å². The van der Waals surface area contributed by atoms with Crippen molar-refractivity contribution in [3.8, 4) is 6.07 Å². The van der Waals surface area contributed by atoms with E-state index in [9.17, 15) is 4.21 Å². The molecule has 0 spiro atoms. The SMILES string of the molecule is N#Cc1ccnc(S(=O)CC2CCNCC2)c1. The standard InChI is InChI=1S/C12H15N3OS/c13-8-11-3-6-15-12(7-11)17(16)9-10-1-4-14-5-2-10/h3,6-7,10,14H,1-2,4-5,9H2. The molecule has 0 bridgehead atoms. The average Bonchev–Trinajstić information content (AvgIpc) is 2.40. The Bertz CT molecular complexity index is 449. The van der Waals surface area contributed by atoms with E-state index in [1.165, 1.54) is 0 Å². The Morgan fingerprint density at radius 2 is 2.29 bits per heavy atom. The predicted molar refractivity (Wildman–Crippen MR) is 65.8 cm³/mol. The molecule has 1 saturated heterocycles. The highest BCUT2D eigenvalue weighted by atomic mass is 32.2. The molecule has 0 aromatic carbocycles. The van der Waals surface area contributed by atoms with Gasteiger partial charge in [0, 0.05) is 11.9 Å². The molecule has 2 heterocycles. The van der Waals surface area contributed by atoms with Crippen molar-refractivity contribution in [1.82, 2.24) is 10.3 Å². The molecule has 1 atom stereocenters. The number of rotatable bonds is 3. The van der Waals surface area contributed by atoms with Crippen LogP contribution in [0.25, 0.3) is 0 Å². The highest BCUT2D eigenvalue weighted by Crippen LogP contribution is 2.16. The van der Waals surface area contributed by atoms with Crippen LogP contribution in [0.4, 0.5) is 0 Å². The van der Waals surface area contributed by atoms with Gasteiger partial charge in [-0.1, -0.05) is 0 Å². The van der Waals surface area contributed by atoms with E-state index < -0.39 is 10.8 Å². The second-order valence-corrected chi connectivity index (χ2v) is 5.64. The molecule has 4 nitrogen and oxygen atoms in total. The fourth-order valence-electron chi connectivity index (χ4n) is 1.95. The molecule has 1 aliphatic heterocycles. The summed E-state index contributed by atoms with van der Waals surface area (Å²) >= 11 is 0. The maximum Gasteiger partial charge on any atom is 0.128 e. The minimum Gasteiger partial charge on any atom is -0.317 e. The lowest BCUT2D eigenvalue weighted by molar-refractivity contribution is 0.405. The van der Waals surface area contributed by atoms with Crippen molar-refractivity contribution in [2.24, 2.45) is 5.92 Å². The summed E-state index contributed by atoms with van der Waals surface area (Å²) in [6.45, 7) is 2.01. The normalized spacial score (nSPS) is 18.5. The molecule has 1 fully saturated rings. The minimum atomic E-state index is -1.08. The molecule has 5 heteroatoms. The summed E-state index contributed by atoms with van der Waals surface area (Å²) in [6, 6.07) is 5.29. The predicted octanol–water partition coefficient (Wildman–Crippen LogP) is 1.06. The third-order valence-electron chi connectivity index (χ3n) is 2.94. The molecule has 1 unspecified atom stereocenters. The zero-order valence-corrected chi connectivity index (χ0v) is 10.4. The maximum atomic E-state index is 12.1. The summed E-state index contributed by atoms with van der Waals surface area (Å²) in [7, 11) is -1.08. The summed E-state index contributed by atoms with van der Waals surface area (Å²) < 4.78 is 12.1.